The van der Waals surface area contributed by atoms with Crippen LogP contribution in [0.25, 0.3) is 0 Å². The van der Waals surface area contributed by atoms with E-state index in [4.69, 9.17) is 9.47 Å². The van der Waals surface area contributed by atoms with Crippen LogP contribution in [-0.4, -0.2) is 11.9 Å². The van der Waals surface area contributed by atoms with Gasteiger partial charge in [-0.05, 0) is 37.3 Å². The smallest absolute Gasteiger partial charge is 0.343 e. The molecule has 0 bridgehead atoms. The van der Waals surface area contributed by atoms with Crippen molar-refractivity contribution in [3.63, 3.8) is 0 Å². The molecule has 0 heterocycles. The number of rotatable bonds is 8. The normalized spacial score (nSPS) is 9.91. The first-order valence-corrected chi connectivity index (χ1v) is 11.5. The summed E-state index contributed by atoms with van der Waals surface area (Å²) in [4.78, 5) is 24.4. The zero-order chi connectivity index (χ0) is 26.7. The van der Waals surface area contributed by atoms with Crippen molar-refractivity contribution in [3.05, 3.63) is 109 Å². The van der Waals surface area contributed by atoms with Crippen LogP contribution < -0.4 is 0 Å². The second-order valence-corrected chi connectivity index (χ2v) is 4.63. The van der Waals surface area contributed by atoms with E-state index in [0.29, 0.717) is 5.56 Å². The maximum Gasteiger partial charge on any atom is 0.343 e. The van der Waals surface area contributed by atoms with E-state index in [1.807, 2.05) is 55.4 Å². The summed E-state index contributed by atoms with van der Waals surface area (Å²) in [5.41, 5.74) is 0.597. The molecule has 184 valence electrons. The Morgan fingerprint density at radius 1 is 0.727 bits per heavy atom. The Labute approximate surface area is 202 Å². The predicted octanol–water partition coefficient (Wildman–Crippen LogP) is 8.76. The zero-order valence-electron chi connectivity index (χ0n) is 22.1. The minimum atomic E-state index is -0.645. The third kappa shape index (κ3) is 16.9. The van der Waals surface area contributed by atoms with Gasteiger partial charge in [-0.25, -0.2) is 9.59 Å². The molecule has 0 aliphatic heterocycles. The van der Waals surface area contributed by atoms with Crippen molar-refractivity contribution in [2.24, 2.45) is 0 Å². The molecule has 0 unspecified atom stereocenters. The molecule has 0 saturated heterocycles. The largest absolute Gasteiger partial charge is 0.419 e. The molecule has 0 spiro atoms. The van der Waals surface area contributed by atoms with Crippen molar-refractivity contribution in [1.29, 1.82) is 0 Å². The molecule has 0 aromatic heterocycles. The highest BCUT2D eigenvalue weighted by molar-refractivity contribution is 5.93. The Hall–Kier alpha value is -3.40. The summed E-state index contributed by atoms with van der Waals surface area (Å²) < 4.78 is 10.6. The van der Waals surface area contributed by atoms with E-state index in [2.05, 4.69) is 19.7 Å². The highest BCUT2D eigenvalue weighted by atomic mass is 16.6. The van der Waals surface area contributed by atoms with Gasteiger partial charge >= 0.3 is 11.9 Å². The van der Waals surface area contributed by atoms with Gasteiger partial charge in [-0.3, -0.25) is 0 Å². The van der Waals surface area contributed by atoms with Gasteiger partial charge in [-0.2, -0.15) is 0 Å². The summed E-state index contributed by atoms with van der Waals surface area (Å²) in [6.07, 6.45) is 8.65. The van der Waals surface area contributed by atoms with Crippen molar-refractivity contribution < 1.29 is 19.1 Å². The summed E-state index contributed by atoms with van der Waals surface area (Å²) in [6, 6.07) is 8.48. The van der Waals surface area contributed by atoms with Crippen LogP contribution in [0.5, 0.6) is 0 Å². The summed E-state index contributed by atoms with van der Waals surface area (Å²) in [5.74, 6) is -1.06. The average Bonchev–Trinajstić information content (AvgIpc) is 2.90. The Balaban J connectivity index is -0.000000472. The molecular formula is C29H44O4. The van der Waals surface area contributed by atoms with Crippen LogP contribution in [-0.2, 0) is 14.3 Å². The first-order chi connectivity index (χ1) is 16.1. The predicted molar refractivity (Wildman–Crippen MR) is 144 cm³/mol. The number of hydrogen-bond donors (Lipinski definition) is 0. The Kier molecular flexibility index (Phi) is 32.0. The highest BCUT2D eigenvalue weighted by Gasteiger charge is 2.18. The number of ether oxygens (including phenoxy) is 2. The zero-order valence-corrected chi connectivity index (χ0v) is 22.1. The molecule has 0 atom stereocenters. The van der Waals surface area contributed by atoms with Crippen molar-refractivity contribution in [2.75, 3.05) is 0 Å². The molecule has 0 amide bonds. The van der Waals surface area contributed by atoms with E-state index in [0.717, 1.165) is 0 Å². The number of carbonyl (C=O) groups is 2. The van der Waals surface area contributed by atoms with Crippen LogP contribution >= 0.6 is 0 Å². The van der Waals surface area contributed by atoms with Gasteiger partial charge < -0.3 is 9.47 Å². The summed E-state index contributed by atoms with van der Waals surface area (Å²) >= 11 is 0. The quantitative estimate of drug-likeness (QED) is 0.170. The molecule has 33 heavy (non-hydrogen) atoms. The first-order valence-electron chi connectivity index (χ1n) is 11.5. The maximum absolute atomic E-state index is 12.2. The van der Waals surface area contributed by atoms with Crippen molar-refractivity contribution in [2.45, 2.75) is 62.3 Å². The van der Waals surface area contributed by atoms with Gasteiger partial charge in [0.1, 0.15) is 0 Å². The molecule has 0 N–H and O–H groups in total. The Morgan fingerprint density at radius 3 is 1.61 bits per heavy atom. The fraction of sp³-hybridized carbons (Fsp3) is 0.310. The van der Waals surface area contributed by atoms with Crippen LogP contribution in [0.2, 0.25) is 0 Å². The second-order valence-electron chi connectivity index (χ2n) is 4.63. The molecule has 4 nitrogen and oxygen atoms in total. The van der Waals surface area contributed by atoms with E-state index in [1.165, 1.54) is 36.5 Å². The fourth-order valence-corrected chi connectivity index (χ4v) is 1.76. The third-order valence-corrected chi connectivity index (χ3v) is 2.94. The van der Waals surface area contributed by atoms with E-state index < -0.39 is 11.9 Å². The molecule has 1 rings (SSSR count). The van der Waals surface area contributed by atoms with Gasteiger partial charge in [0.2, 0.25) is 0 Å². The first kappa shape index (κ1) is 36.9. The molecule has 0 radical (unpaired) electrons. The monoisotopic (exact) mass is 456 g/mol. The van der Waals surface area contributed by atoms with Crippen LogP contribution in [0.4, 0.5) is 0 Å². The molecule has 0 aliphatic carbocycles. The SMILES string of the molecule is C=C/C=C(\C=C)C(=O)OC(=C/C)/C(=C\C=C)OC(=O)c1ccccc1.CC.CC.CC.CC. The second kappa shape index (κ2) is 28.6. The van der Waals surface area contributed by atoms with Crippen molar-refractivity contribution in [1.82, 2.24) is 0 Å². The van der Waals surface area contributed by atoms with Crippen LogP contribution in [0.3, 0.4) is 0 Å². The van der Waals surface area contributed by atoms with Crippen molar-refractivity contribution in [3.8, 4) is 0 Å². The standard InChI is InChI=1S/C21H20O4.4C2H6/c1-5-12-16(7-3)20(22)24-18(8-4)19(13-6-2)25-21(23)17-14-10-9-11-15-17;4*1-2/h5-15H,1-3H2,4H3;4*1-2H3/b16-12+,18-8+,19-13+;;;;. The molecule has 0 fully saturated rings. The van der Waals surface area contributed by atoms with Gasteiger partial charge in [0.15, 0.2) is 11.5 Å². The van der Waals surface area contributed by atoms with Gasteiger partial charge in [-0.1, -0.05) is 112 Å². The summed E-state index contributed by atoms with van der Waals surface area (Å²) in [6.45, 7) is 28.3. The number of carbonyl (C=O) groups excluding carboxylic acids is 2. The van der Waals surface area contributed by atoms with Crippen LogP contribution in [0, 0.1) is 0 Å². The molecule has 4 heteroatoms. The molecule has 1 aromatic rings. The number of hydrogen-bond acceptors (Lipinski definition) is 4. The van der Waals surface area contributed by atoms with Gasteiger partial charge in [0.05, 0.1) is 11.1 Å². The Morgan fingerprint density at radius 2 is 1.21 bits per heavy atom. The van der Waals surface area contributed by atoms with E-state index in [-0.39, 0.29) is 17.1 Å². The topological polar surface area (TPSA) is 52.6 Å². The van der Waals surface area contributed by atoms with Crippen LogP contribution in [0.15, 0.2) is 104 Å². The third-order valence-electron chi connectivity index (χ3n) is 2.94. The van der Waals surface area contributed by atoms with Gasteiger partial charge in [0.25, 0.3) is 0 Å². The minimum Gasteiger partial charge on any atom is -0.419 e. The summed E-state index contributed by atoms with van der Waals surface area (Å²) in [7, 11) is 0. The highest BCUT2D eigenvalue weighted by Crippen LogP contribution is 2.18. The van der Waals surface area contributed by atoms with Crippen molar-refractivity contribution >= 4 is 11.9 Å². The lowest BCUT2D eigenvalue weighted by Gasteiger charge is -2.13. The minimum absolute atomic E-state index is 0.0710. The number of esters is 2. The summed E-state index contributed by atoms with van der Waals surface area (Å²) in [5, 5.41) is 0. The van der Waals surface area contributed by atoms with E-state index in [1.54, 1.807) is 37.3 Å². The van der Waals surface area contributed by atoms with Gasteiger partial charge in [0, 0.05) is 0 Å². The molecule has 0 aliphatic rings. The van der Waals surface area contributed by atoms with Gasteiger partial charge in [-0.15, -0.1) is 0 Å². The average molecular weight is 457 g/mol. The fourth-order valence-electron chi connectivity index (χ4n) is 1.76. The maximum atomic E-state index is 12.2. The lowest BCUT2D eigenvalue weighted by Crippen LogP contribution is -2.12. The number of benzene rings is 1. The lowest BCUT2D eigenvalue weighted by molar-refractivity contribution is -0.134. The van der Waals surface area contributed by atoms with E-state index >= 15 is 0 Å². The molecular weight excluding hydrogens is 412 g/mol. The lowest BCUT2D eigenvalue weighted by atomic mass is 10.2. The van der Waals surface area contributed by atoms with Crippen LogP contribution in [0.1, 0.15) is 72.7 Å². The number of allylic oxidation sites excluding steroid dienone is 5. The molecule has 1 aromatic carbocycles. The van der Waals surface area contributed by atoms with E-state index in [9.17, 15) is 9.59 Å². The molecule has 0 saturated carbocycles. The Bertz CT molecular complexity index is 751.